The number of halogens is 4. The van der Waals surface area contributed by atoms with Gasteiger partial charge in [0.1, 0.15) is 0 Å². The number of benzene rings is 1. The van der Waals surface area contributed by atoms with E-state index in [4.69, 9.17) is 11.6 Å². The summed E-state index contributed by atoms with van der Waals surface area (Å²) in [6.07, 6.45) is 2.62. The van der Waals surface area contributed by atoms with Crippen LogP contribution in [0.25, 0.3) is 0 Å². The molecule has 4 nitrogen and oxygen atoms in total. The fraction of sp³-hybridized carbons (Fsp3) is 0.556. The largest absolute Gasteiger partial charge is 0.417 e. The highest BCUT2D eigenvalue weighted by molar-refractivity contribution is 6.31. The molecular formula is C27H31ClF3N3O. The van der Waals surface area contributed by atoms with Gasteiger partial charge in [0, 0.05) is 42.5 Å². The number of hydrogen-bond donors (Lipinski definition) is 1. The summed E-state index contributed by atoms with van der Waals surface area (Å²) in [6.45, 7) is 3.58. The van der Waals surface area contributed by atoms with E-state index < -0.39 is 11.7 Å². The number of nitrogens with one attached hydrogen (secondary N) is 1. The normalized spacial score (nSPS) is 26.0. The van der Waals surface area contributed by atoms with Gasteiger partial charge in [0.2, 0.25) is 5.91 Å². The maximum atomic E-state index is 13.8. The molecule has 3 atom stereocenters. The lowest BCUT2D eigenvalue weighted by Crippen LogP contribution is -2.47. The van der Waals surface area contributed by atoms with E-state index in [-0.39, 0.29) is 23.9 Å². The molecule has 3 unspecified atom stereocenters. The van der Waals surface area contributed by atoms with E-state index in [9.17, 15) is 18.0 Å². The number of aromatic nitrogens is 1. The molecule has 1 aromatic carbocycles. The third kappa shape index (κ3) is 4.82. The van der Waals surface area contributed by atoms with E-state index in [2.05, 4.69) is 22.4 Å². The molecule has 2 heterocycles. The van der Waals surface area contributed by atoms with E-state index in [1.807, 2.05) is 13.0 Å². The summed E-state index contributed by atoms with van der Waals surface area (Å²) in [4.78, 5) is 19.7. The van der Waals surface area contributed by atoms with Crippen molar-refractivity contribution in [2.75, 3.05) is 13.1 Å². The molecule has 1 N–H and O–H groups in total. The third-order valence-electron chi connectivity index (χ3n) is 8.29. The Kier molecular flexibility index (Phi) is 6.60. The first-order valence-electron chi connectivity index (χ1n) is 12.5. The average molecular weight is 506 g/mol. The second-order valence-corrected chi connectivity index (χ2v) is 10.9. The summed E-state index contributed by atoms with van der Waals surface area (Å²) in [7, 11) is 0. The predicted octanol–water partition coefficient (Wildman–Crippen LogP) is 5.73. The lowest BCUT2D eigenvalue weighted by Gasteiger charge is -2.37. The highest BCUT2D eigenvalue weighted by Gasteiger charge is 2.56. The van der Waals surface area contributed by atoms with E-state index in [1.165, 1.54) is 11.6 Å². The number of nitrogens with zero attached hydrogens (tertiary/aromatic N) is 2. The Balaban J connectivity index is 1.24. The lowest BCUT2D eigenvalue weighted by atomic mass is 9.78. The molecule has 1 amide bonds. The zero-order valence-corrected chi connectivity index (χ0v) is 20.7. The first-order valence-corrected chi connectivity index (χ1v) is 12.9. The molecule has 0 saturated heterocycles. The standard InChI is InChI=1S/C27H31ClF3N3O/c1-17-11-18(4-5-23(17)28)6-9-32-22-13-20-3-2-8-26(20,14-22)25(35)34-10-7-24-19(16-34)12-21(15-33-24)27(29,30)31/h4-5,11-12,15,20,22,32H,2-3,6-10,13-14,16H2,1H3. The Morgan fingerprint density at radius 1 is 1.31 bits per heavy atom. The minimum Gasteiger partial charge on any atom is -0.337 e. The van der Waals surface area contributed by atoms with Crippen molar-refractivity contribution in [3.63, 3.8) is 0 Å². The van der Waals surface area contributed by atoms with Gasteiger partial charge in [-0.1, -0.05) is 30.2 Å². The Hall–Kier alpha value is -2.12. The zero-order valence-electron chi connectivity index (χ0n) is 19.9. The lowest BCUT2D eigenvalue weighted by molar-refractivity contribution is -0.144. The summed E-state index contributed by atoms with van der Waals surface area (Å²) in [5.74, 6) is 0.465. The van der Waals surface area contributed by atoms with Crippen molar-refractivity contribution in [1.29, 1.82) is 0 Å². The average Bonchev–Trinajstić information content (AvgIpc) is 3.37. The first kappa shape index (κ1) is 24.6. The van der Waals surface area contributed by atoms with Crippen LogP contribution in [0.1, 0.15) is 60.1 Å². The van der Waals surface area contributed by atoms with E-state index >= 15 is 0 Å². The Bertz CT molecular complexity index is 1120. The topological polar surface area (TPSA) is 45.2 Å². The molecule has 1 aliphatic heterocycles. The van der Waals surface area contributed by atoms with Gasteiger partial charge in [-0.15, -0.1) is 0 Å². The molecule has 2 fully saturated rings. The van der Waals surface area contributed by atoms with E-state index in [0.29, 0.717) is 30.1 Å². The molecule has 35 heavy (non-hydrogen) atoms. The number of rotatable bonds is 5. The number of amides is 1. The molecule has 1 aromatic heterocycles. The number of pyridine rings is 1. The molecular weight excluding hydrogens is 475 g/mol. The molecule has 5 rings (SSSR count). The van der Waals surface area contributed by atoms with Crippen LogP contribution < -0.4 is 5.32 Å². The Morgan fingerprint density at radius 2 is 2.14 bits per heavy atom. The molecule has 2 aliphatic carbocycles. The summed E-state index contributed by atoms with van der Waals surface area (Å²) in [5, 5.41) is 4.45. The maximum Gasteiger partial charge on any atom is 0.417 e. The zero-order chi connectivity index (χ0) is 24.8. The van der Waals surface area contributed by atoms with Crippen LogP contribution in [0.2, 0.25) is 5.02 Å². The quantitative estimate of drug-likeness (QED) is 0.564. The second kappa shape index (κ2) is 9.40. The molecule has 2 aromatic rings. The second-order valence-electron chi connectivity index (χ2n) is 10.5. The highest BCUT2D eigenvalue weighted by atomic mass is 35.5. The van der Waals surface area contributed by atoms with Gasteiger partial charge in [-0.25, -0.2) is 0 Å². The van der Waals surface area contributed by atoms with Crippen LogP contribution in [0.3, 0.4) is 0 Å². The van der Waals surface area contributed by atoms with Crippen LogP contribution in [0.4, 0.5) is 13.2 Å². The smallest absolute Gasteiger partial charge is 0.337 e. The number of carbonyl (C=O) groups excluding carboxylic acids is 1. The van der Waals surface area contributed by atoms with Gasteiger partial charge < -0.3 is 10.2 Å². The Labute approximate surface area is 209 Å². The van der Waals surface area contributed by atoms with Crippen molar-refractivity contribution in [2.24, 2.45) is 11.3 Å². The summed E-state index contributed by atoms with van der Waals surface area (Å²) < 4.78 is 39.6. The number of fused-ring (bicyclic) bond motifs is 2. The van der Waals surface area contributed by atoms with Crippen LogP contribution in [0, 0.1) is 18.3 Å². The van der Waals surface area contributed by atoms with Gasteiger partial charge in [-0.05, 0) is 80.3 Å². The fourth-order valence-corrected chi connectivity index (χ4v) is 6.62. The highest BCUT2D eigenvalue weighted by Crippen LogP contribution is 2.55. The van der Waals surface area contributed by atoms with Crippen molar-refractivity contribution in [1.82, 2.24) is 15.2 Å². The van der Waals surface area contributed by atoms with Crippen molar-refractivity contribution < 1.29 is 18.0 Å². The molecule has 188 valence electrons. The van der Waals surface area contributed by atoms with E-state index in [1.54, 1.807) is 4.90 Å². The number of alkyl halides is 3. The first-order chi connectivity index (χ1) is 16.7. The van der Waals surface area contributed by atoms with Crippen LogP contribution in [-0.2, 0) is 30.4 Å². The third-order valence-corrected chi connectivity index (χ3v) is 8.71. The molecule has 0 spiro atoms. The minimum absolute atomic E-state index is 0.126. The monoisotopic (exact) mass is 505 g/mol. The van der Waals surface area contributed by atoms with Gasteiger partial charge in [0.25, 0.3) is 0 Å². The van der Waals surface area contributed by atoms with Crippen LogP contribution in [-0.4, -0.2) is 34.9 Å². The molecule has 0 radical (unpaired) electrons. The van der Waals surface area contributed by atoms with Gasteiger partial charge in [0.05, 0.1) is 11.0 Å². The number of hydrogen-bond acceptors (Lipinski definition) is 3. The van der Waals surface area contributed by atoms with Crippen LogP contribution in [0.5, 0.6) is 0 Å². The van der Waals surface area contributed by atoms with Crippen molar-refractivity contribution >= 4 is 17.5 Å². The van der Waals surface area contributed by atoms with Crippen molar-refractivity contribution in [3.8, 4) is 0 Å². The Morgan fingerprint density at radius 3 is 2.91 bits per heavy atom. The fourth-order valence-electron chi connectivity index (χ4n) is 6.50. The van der Waals surface area contributed by atoms with Crippen LogP contribution >= 0.6 is 11.6 Å². The van der Waals surface area contributed by atoms with Crippen molar-refractivity contribution in [2.45, 2.75) is 70.6 Å². The number of aryl methyl sites for hydroxylation is 1. The number of carbonyl (C=O) groups is 1. The van der Waals surface area contributed by atoms with Gasteiger partial charge in [0.15, 0.2) is 0 Å². The maximum absolute atomic E-state index is 13.8. The predicted molar refractivity (Wildman–Crippen MR) is 129 cm³/mol. The van der Waals surface area contributed by atoms with E-state index in [0.717, 1.165) is 61.9 Å². The SMILES string of the molecule is Cc1cc(CCNC2CC3CCCC3(C(=O)N3CCc4ncc(C(F)(F)F)cc4C3)C2)ccc1Cl. The van der Waals surface area contributed by atoms with Crippen LogP contribution in [0.15, 0.2) is 30.5 Å². The van der Waals surface area contributed by atoms with Crippen molar-refractivity contribution in [3.05, 3.63) is 63.4 Å². The minimum atomic E-state index is -4.43. The van der Waals surface area contributed by atoms with Gasteiger partial charge >= 0.3 is 6.18 Å². The van der Waals surface area contributed by atoms with Gasteiger partial charge in [-0.3, -0.25) is 9.78 Å². The molecule has 0 bridgehead atoms. The summed E-state index contributed by atoms with van der Waals surface area (Å²) in [5.41, 5.74) is 2.37. The summed E-state index contributed by atoms with van der Waals surface area (Å²) in [6, 6.07) is 7.56. The molecule has 8 heteroatoms. The van der Waals surface area contributed by atoms with Gasteiger partial charge in [-0.2, -0.15) is 13.2 Å². The summed E-state index contributed by atoms with van der Waals surface area (Å²) >= 11 is 6.13. The molecule has 2 saturated carbocycles. The molecule has 3 aliphatic rings.